The minimum atomic E-state index is -0.396. The highest BCUT2D eigenvalue weighted by Crippen LogP contribution is 2.20. The van der Waals surface area contributed by atoms with Gasteiger partial charge >= 0.3 is 0 Å². The van der Waals surface area contributed by atoms with Gasteiger partial charge in [-0.1, -0.05) is 0 Å². The number of hydrogen-bond acceptors (Lipinski definition) is 5. The molecule has 3 N–H and O–H groups in total. The van der Waals surface area contributed by atoms with Crippen LogP contribution in [0.15, 0.2) is 30.6 Å². The maximum atomic E-state index is 12.1. The number of nitrogens with two attached hydrogens (primary N) is 1. The quantitative estimate of drug-likeness (QED) is 0.742. The zero-order valence-electron chi connectivity index (χ0n) is 11.7. The molecule has 1 amide bonds. The van der Waals surface area contributed by atoms with Gasteiger partial charge in [0.1, 0.15) is 5.82 Å². The van der Waals surface area contributed by atoms with E-state index in [2.05, 4.69) is 20.3 Å². The number of amides is 1. The first kappa shape index (κ1) is 13.0. The van der Waals surface area contributed by atoms with E-state index in [-0.39, 0.29) is 11.5 Å². The molecule has 21 heavy (non-hydrogen) atoms. The molecule has 0 spiro atoms. The van der Waals surface area contributed by atoms with Crippen molar-refractivity contribution in [2.75, 3.05) is 11.1 Å². The number of hydrogen-bond donors (Lipinski definition) is 2. The molecule has 7 nitrogen and oxygen atoms in total. The smallest absolute Gasteiger partial charge is 0.278 e. The molecular formula is C14H14N6O. The van der Waals surface area contributed by atoms with Gasteiger partial charge in [0.05, 0.1) is 11.0 Å². The van der Waals surface area contributed by atoms with Crippen molar-refractivity contribution in [3.8, 4) is 0 Å². The van der Waals surface area contributed by atoms with Gasteiger partial charge in [-0.05, 0) is 25.1 Å². The Hall–Kier alpha value is -2.96. The summed E-state index contributed by atoms with van der Waals surface area (Å²) in [6.45, 7) is 1.93. The highest BCUT2D eigenvalue weighted by Gasteiger charge is 2.13. The molecule has 0 saturated heterocycles. The molecule has 1 aromatic carbocycles. The van der Waals surface area contributed by atoms with Crippen molar-refractivity contribution in [1.29, 1.82) is 0 Å². The van der Waals surface area contributed by atoms with Crippen LogP contribution in [0, 0.1) is 6.92 Å². The van der Waals surface area contributed by atoms with Gasteiger partial charge in [-0.15, -0.1) is 0 Å². The molecule has 0 fully saturated rings. The molecule has 2 heterocycles. The predicted octanol–water partition coefficient (Wildman–Crippen LogP) is 1.51. The largest absolute Gasteiger partial charge is 0.382 e. The highest BCUT2D eigenvalue weighted by molar-refractivity contribution is 6.06. The van der Waals surface area contributed by atoms with Crippen LogP contribution in [0.3, 0.4) is 0 Å². The van der Waals surface area contributed by atoms with E-state index in [1.807, 2.05) is 36.7 Å². The molecule has 0 radical (unpaired) electrons. The summed E-state index contributed by atoms with van der Waals surface area (Å²) in [4.78, 5) is 24.3. The predicted molar refractivity (Wildman–Crippen MR) is 79.8 cm³/mol. The molecule has 0 aliphatic carbocycles. The number of aromatic nitrogens is 4. The van der Waals surface area contributed by atoms with E-state index in [1.54, 1.807) is 0 Å². The fraction of sp³-hybridized carbons (Fsp3) is 0.143. The van der Waals surface area contributed by atoms with Crippen molar-refractivity contribution >= 4 is 28.4 Å². The normalized spacial score (nSPS) is 10.8. The van der Waals surface area contributed by atoms with Crippen molar-refractivity contribution in [1.82, 2.24) is 19.5 Å². The van der Waals surface area contributed by atoms with Crippen molar-refractivity contribution in [3.05, 3.63) is 42.1 Å². The average Bonchev–Trinajstić information content (AvgIpc) is 2.74. The molecule has 2 aromatic heterocycles. The summed E-state index contributed by atoms with van der Waals surface area (Å²) in [5, 5.41) is 2.75. The van der Waals surface area contributed by atoms with Gasteiger partial charge in [0.2, 0.25) is 0 Å². The number of aryl methyl sites for hydroxylation is 2. The molecule has 0 saturated carbocycles. The standard InChI is InChI=1S/C14H14N6O/c1-8-18-10-7-9(3-4-11(10)20(8)2)19-14(21)12-13(15)17-6-5-16-12/h3-7H,1-2H3,(H2,15,17)(H,19,21). The Balaban J connectivity index is 1.91. The fourth-order valence-electron chi connectivity index (χ4n) is 2.11. The second-order valence-electron chi connectivity index (χ2n) is 4.67. The molecule has 3 aromatic rings. The van der Waals surface area contributed by atoms with E-state index < -0.39 is 5.91 Å². The molecular weight excluding hydrogens is 268 g/mol. The number of rotatable bonds is 2. The van der Waals surface area contributed by atoms with Gasteiger partial charge in [0.25, 0.3) is 5.91 Å². The van der Waals surface area contributed by atoms with E-state index >= 15 is 0 Å². The molecule has 0 aliphatic rings. The summed E-state index contributed by atoms with van der Waals surface area (Å²) >= 11 is 0. The van der Waals surface area contributed by atoms with Crippen LogP contribution in [0.25, 0.3) is 11.0 Å². The molecule has 0 unspecified atom stereocenters. The SMILES string of the molecule is Cc1nc2cc(NC(=O)c3nccnc3N)ccc2n1C. The minimum Gasteiger partial charge on any atom is -0.382 e. The highest BCUT2D eigenvalue weighted by atomic mass is 16.1. The van der Waals surface area contributed by atoms with Crippen LogP contribution in [-0.4, -0.2) is 25.4 Å². The first-order chi connectivity index (χ1) is 10.1. The minimum absolute atomic E-state index is 0.102. The first-order valence-corrected chi connectivity index (χ1v) is 6.37. The van der Waals surface area contributed by atoms with Gasteiger partial charge in [-0.3, -0.25) is 4.79 Å². The summed E-state index contributed by atoms with van der Waals surface area (Å²) in [5.41, 5.74) is 8.20. The van der Waals surface area contributed by atoms with Crippen molar-refractivity contribution < 1.29 is 4.79 Å². The van der Waals surface area contributed by atoms with Crippen LogP contribution >= 0.6 is 0 Å². The Bertz CT molecular complexity index is 839. The molecule has 0 atom stereocenters. The maximum absolute atomic E-state index is 12.1. The Labute approximate surface area is 120 Å². The lowest BCUT2D eigenvalue weighted by molar-refractivity contribution is 0.102. The van der Waals surface area contributed by atoms with E-state index in [4.69, 9.17) is 5.73 Å². The number of imidazole rings is 1. The second-order valence-corrected chi connectivity index (χ2v) is 4.67. The third kappa shape index (κ3) is 2.29. The fourth-order valence-corrected chi connectivity index (χ4v) is 2.11. The topological polar surface area (TPSA) is 98.7 Å². The third-order valence-corrected chi connectivity index (χ3v) is 3.30. The molecule has 106 valence electrons. The van der Waals surface area contributed by atoms with Crippen molar-refractivity contribution in [2.45, 2.75) is 6.92 Å². The van der Waals surface area contributed by atoms with E-state index in [0.717, 1.165) is 16.9 Å². The number of anilines is 2. The van der Waals surface area contributed by atoms with Crippen LogP contribution in [0.5, 0.6) is 0 Å². The first-order valence-electron chi connectivity index (χ1n) is 6.37. The Kier molecular flexibility index (Phi) is 3.02. The van der Waals surface area contributed by atoms with Crippen LogP contribution in [0.4, 0.5) is 11.5 Å². The molecule has 7 heteroatoms. The number of benzene rings is 1. The Morgan fingerprint density at radius 1 is 1.29 bits per heavy atom. The summed E-state index contributed by atoms with van der Waals surface area (Å²) in [6.07, 6.45) is 2.87. The molecule has 3 rings (SSSR count). The maximum Gasteiger partial charge on any atom is 0.278 e. The lowest BCUT2D eigenvalue weighted by Crippen LogP contribution is -2.16. The zero-order valence-corrected chi connectivity index (χ0v) is 11.7. The number of carbonyl (C=O) groups excluding carboxylic acids is 1. The van der Waals surface area contributed by atoms with Crippen molar-refractivity contribution in [2.24, 2.45) is 7.05 Å². The number of fused-ring (bicyclic) bond motifs is 1. The van der Waals surface area contributed by atoms with Gasteiger partial charge in [0.15, 0.2) is 11.5 Å². The number of nitrogens with one attached hydrogen (secondary N) is 1. The zero-order chi connectivity index (χ0) is 15.0. The number of carbonyl (C=O) groups is 1. The average molecular weight is 282 g/mol. The lowest BCUT2D eigenvalue weighted by Gasteiger charge is -2.06. The number of nitrogen functional groups attached to an aromatic ring is 1. The van der Waals surface area contributed by atoms with E-state index in [9.17, 15) is 4.79 Å². The monoisotopic (exact) mass is 282 g/mol. The van der Waals surface area contributed by atoms with Gasteiger partial charge in [0, 0.05) is 25.1 Å². The van der Waals surface area contributed by atoms with Crippen LogP contribution < -0.4 is 11.1 Å². The number of nitrogens with zero attached hydrogens (tertiary/aromatic N) is 4. The van der Waals surface area contributed by atoms with E-state index in [0.29, 0.717) is 5.69 Å². The molecule has 0 aliphatic heterocycles. The third-order valence-electron chi connectivity index (χ3n) is 3.30. The second kappa shape index (κ2) is 4.86. The summed E-state index contributed by atoms with van der Waals surface area (Å²) < 4.78 is 1.99. The Morgan fingerprint density at radius 3 is 2.81 bits per heavy atom. The van der Waals surface area contributed by atoms with Crippen LogP contribution in [0.1, 0.15) is 16.3 Å². The van der Waals surface area contributed by atoms with Crippen LogP contribution in [0.2, 0.25) is 0 Å². The van der Waals surface area contributed by atoms with Gasteiger partial charge < -0.3 is 15.6 Å². The van der Waals surface area contributed by atoms with Gasteiger partial charge in [-0.25, -0.2) is 15.0 Å². The molecule has 0 bridgehead atoms. The summed E-state index contributed by atoms with van der Waals surface area (Å²) in [6, 6.07) is 5.53. The van der Waals surface area contributed by atoms with E-state index in [1.165, 1.54) is 12.4 Å². The van der Waals surface area contributed by atoms with Gasteiger partial charge in [-0.2, -0.15) is 0 Å². The van der Waals surface area contributed by atoms with Crippen molar-refractivity contribution in [3.63, 3.8) is 0 Å². The lowest BCUT2D eigenvalue weighted by atomic mass is 10.2. The Morgan fingerprint density at radius 2 is 2.05 bits per heavy atom. The summed E-state index contributed by atoms with van der Waals surface area (Å²) in [7, 11) is 1.95. The van der Waals surface area contributed by atoms with Crippen LogP contribution in [-0.2, 0) is 7.05 Å². The summed E-state index contributed by atoms with van der Waals surface area (Å²) in [5.74, 6) is 0.615.